The molecule has 2 N–H and O–H groups in total. The highest BCUT2D eigenvalue weighted by Gasteiger charge is 2.57. The van der Waals surface area contributed by atoms with Crippen LogP contribution < -0.4 is 24.8 Å². The molecule has 2 aromatic rings. The third-order valence-electron chi connectivity index (χ3n) is 7.21. The Morgan fingerprint density at radius 3 is 2.72 bits per heavy atom. The average Bonchev–Trinajstić information content (AvgIpc) is 2.82. The van der Waals surface area contributed by atoms with Crippen LogP contribution in [0.15, 0.2) is 42.5 Å². The fraction of sp³-hybridized carbons (Fsp3) is 0.440. The molecule has 0 radical (unpaired) electrons. The first kappa shape index (κ1) is 20.7. The molecule has 2 amide bonds. The highest BCUT2D eigenvalue weighted by atomic mass is 16.5. The first-order valence-corrected chi connectivity index (χ1v) is 11.1. The monoisotopic (exact) mass is 436 g/mol. The van der Waals surface area contributed by atoms with Crippen LogP contribution in [0.5, 0.6) is 17.2 Å². The maximum atomic E-state index is 13.0. The van der Waals surface area contributed by atoms with Crippen molar-refractivity contribution in [3.8, 4) is 17.2 Å². The molecule has 2 aromatic carbocycles. The Morgan fingerprint density at radius 2 is 1.97 bits per heavy atom. The van der Waals surface area contributed by atoms with Gasteiger partial charge in [0.05, 0.1) is 19.8 Å². The first-order chi connectivity index (χ1) is 15.5. The topological polar surface area (TPSA) is 85.9 Å². The van der Waals surface area contributed by atoms with Crippen molar-refractivity contribution in [1.29, 1.82) is 0 Å². The summed E-state index contributed by atoms with van der Waals surface area (Å²) < 4.78 is 17.0. The summed E-state index contributed by atoms with van der Waals surface area (Å²) in [6, 6.07) is 13.0. The number of rotatable bonds is 5. The number of amides is 2. The molecule has 0 unspecified atom stereocenters. The Bertz CT molecular complexity index is 1050. The Morgan fingerprint density at radius 1 is 1.16 bits per heavy atom. The smallest absolute Gasteiger partial charge is 0.258 e. The molecule has 0 aromatic heterocycles. The van der Waals surface area contributed by atoms with Crippen molar-refractivity contribution in [3.63, 3.8) is 0 Å². The number of fused-ring (bicyclic) bond motifs is 3. The Balaban J connectivity index is 1.29. The molecule has 2 bridgehead atoms. The molecular formula is C25H28N2O5. The van der Waals surface area contributed by atoms with Gasteiger partial charge in [-0.3, -0.25) is 9.59 Å². The minimum absolute atomic E-state index is 0.0709. The summed E-state index contributed by atoms with van der Waals surface area (Å²) in [5.74, 6) is 2.11. The van der Waals surface area contributed by atoms with Crippen molar-refractivity contribution in [2.45, 2.75) is 38.0 Å². The molecule has 6 rings (SSSR count). The third kappa shape index (κ3) is 3.55. The minimum atomic E-state index is -0.747. The fourth-order valence-corrected chi connectivity index (χ4v) is 5.54. The molecule has 4 atom stereocenters. The second kappa shape index (κ2) is 8.04. The summed E-state index contributed by atoms with van der Waals surface area (Å²) in [7, 11) is 3.23. The van der Waals surface area contributed by atoms with E-state index in [0.29, 0.717) is 36.4 Å². The van der Waals surface area contributed by atoms with Crippen LogP contribution in [0.1, 0.15) is 41.6 Å². The number of hydrogen-bond acceptors (Lipinski definition) is 5. The van der Waals surface area contributed by atoms with Gasteiger partial charge in [0.2, 0.25) is 5.91 Å². The number of carbonyl (C=O) groups excluding carboxylic acids is 2. The summed E-state index contributed by atoms with van der Waals surface area (Å²) in [4.78, 5) is 25.9. The molecule has 1 aliphatic heterocycles. The van der Waals surface area contributed by atoms with Gasteiger partial charge in [-0.15, -0.1) is 0 Å². The molecule has 0 saturated heterocycles. The van der Waals surface area contributed by atoms with Gasteiger partial charge in [0.1, 0.15) is 17.2 Å². The maximum Gasteiger partial charge on any atom is 0.258 e. The van der Waals surface area contributed by atoms with Gasteiger partial charge >= 0.3 is 0 Å². The number of ether oxygens (including phenoxy) is 3. The summed E-state index contributed by atoms with van der Waals surface area (Å²) in [5.41, 5.74) is 0.775. The van der Waals surface area contributed by atoms with Crippen molar-refractivity contribution in [1.82, 2.24) is 10.6 Å². The molecule has 1 heterocycles. The number of carbonyl (C=O) groups is 2. The van der Waals surface area contributed by atoms with E-state index in [1.165, 1.54) is 0 Å². The second-order valence-corrected chi connectivity index (χ2v) is 8.96. The van der Waals surface area contributed by atoms with E-state index in [1.807, 2.05) is 24.3 Å². The van der Waals surface area contributed by atoms with E-state index < -0.39 is 5.72 Å². The number of benzene rings is 2. The van der Waals surface area contributed by atoms with Gasteiger partial charge in [-0.25, -0.2) is 0 Å². The van der Waals surface area contributed by atoms with Crippen molar-refractivity contribution in [2.24, 2.45) is 17.8 Å². The van der Waals surface area contributed by atoms with E-state index in [-0.39, 0.29) is 29.6 Å². The highest BCUT2D eigenvalue weighted by Crippen LogP contribution is 2.52. The highest BCUT2D eigenvalue weighted by molar-refractivity contribution is 5.98. The SMILES string of the molecule is COc1cccc(CNC(=O)[C@@H]2C[C@H]3CC[C@@H]2C[C@@]32NC(=O)c3ccc(OC)cc3O2)c1. The quantitative estimate of drug-likeness (QED) is 0.751. The second-order valence-electron chi connectivity index (χ2n) is 8.96. The number of methoxy groups -OCH3 is 2. The van der Waals surface area contributed by atoms with Crippen LogP contribution in [-0.4, -0.2) is 31.8 Å². The normalized spacial score (nSPS) is 27.8. The van der Waals surface area contributed by atoms with Crippen LogP contribution in [0.3, 0.4) is 0 Å². The van der Waals surface area contributed by atoms with Gasteiger partial charge in [0, 0.05) is 30.9 Å². The molecule has 32 heavy (non-hydrogen) atoms. The molecule has 7 heteroatoms. The molecule has 168 valence electrons. The van der Waals surface area contributed by atoms with Gasteiger partial charge in [-0.05, 0) is 55.0 Å². The largest absolute Gasteiger partial charge is 0.497 e. The van der Waals surface area contributed by atoms with Crippen LogP contribution >= 0.6 is 0 Å². The Kier molecular flexibility index (Phi) is 5.19. The van der Waals surface area contributed by atoms with Crippen LogP contribution in [-0.2, 0) is 11.3 Å². The van der Waals surface area contributed by atoms with E-state index in [2.05, 4.69) is 10.6 Å². The first-order valence-electron chi connectivity index (χ1n) is 11.1. The van der Waals surface area contributed by atoms with Gasteiger partial charge < -0.3 is 24.8 Å². The number of hydrogen-bond donors (Lipinski definition) is 2. The van der Waals surface area contributed by atoms with Gasteiger partial charge in [0.25, 0.3) is 5.91 Å². The standard InChI is InChI=1S/C25H28N2O5/c1-30-18-5-3-4-15(10-18)14-26-23(28)21-11-17-7-6-16(21)13-25(17)27-24(29)20-9-8-19(31-2)12-22(20)32-25/h3-5,8-10,12,16-17,21H,6-7,11,13-14H2,1-2H3,(H,26,28)(H,27,29)/t16-,17-,21-,25+/m1/s1. The number of nitrogens with one attached hydrogen (secondary N) is 2. The summed E-state index contributed by atoms with van der Waals surface area (Å²) >= 11 is 0. The van der Waals surface area contributed by atoms with Crippen molar-refractivity contribution >= 4 is 11.8 Å². The molecule has 1 spiro atoms. The third-order valence-corrected chi connectivity index (χ3v) is 7.21. The Hall–Kier alpha value is -3.22. The zero-order chi connectivity index (χ0) is 22.3. The van der Waals surface area contributed by atoms with E-state index in [4.69, 9.17) is 14.2 Å². The molecule has 3 aliphatic carbocycles. The summed E-state index contributed by atoms with van der Waals surface area (Å²) in [6.45, 7) is 0.468. The van der Waals surface area contributed by atoms with Gasteiger partial charge in [0.15, 0.2) is 5.72 Å². The predicted octanol–water partition coefficient (Wildman–Crippen LogP) is 3.27. The molecule has 4 aliphatic rings. The Labute approximate surface area is 187 Å². The maximum absolute atomic E-state index is 13.0. The fourth-order valence-electron chi connectivity index (χ4n) is 5.54. The average molecular weight is 437 g/mol. The lowest BCUT2D eigenvalue weighted by Gasteiger charge is -2.55. The van der Waals surface area contributed by atoms with Gasteiger partial charge in [-0.2, -0.15) is 0 Å². The predicted molar refractivity (Wildman–Crippen MR) is 118 cm³/mol. The summed E-state index contributed by atoms with van der Waals surface area (Å²) in [5, 5.41) is 6.24. The molecule has 3 saturated carbocycles. The van der Waals surface area contributed by atoms with Gasteiger partial charge in [-0.1, -0.05) is 12.1 Å². The minimum Gasteiger partial charge on any atom is -0.497 e. The molecule has 7 nitrogen and oxygen atoms in total. The van der Waals surface area contributed by atoms with E-state index >= 15 is 0 Å². The van der Waals surface area contributed by atoms with Crippen LogP contribution in [0.25, 0.3) is 0 Å². The van der Waals surface area contributed by atoms with Crippen LogP contribution in [0, 0.1) is 17.8 Å². The van der Waals surface area contributed by atoms with Crippen molar-refractivity contribution in [2.75, 3.05) is 14.2 Å². The van der Waals surface area contributed by atoms with E-state index in [0.717, 1.165) is 24.2 Å². The summed E-state index contributed by atoms with van der Waals surface area (Å²) in [6.07, 6.45) is 3.24. The van der Waals surface area contributed by atoms with Crippen molar-refractivity contribution in [3.05, 3.63) is 53.6 Å². The van der Waals surface area contributed by atoms with E-state index in [1.54, 1.807) is 32.4 Å². The zero-order valence-corrected chi connectivity index (χ0v) is 18.4. The van der Waals surface area contributed by atoms with Crippen LogP contribution in [0.4, 0.5) is 0 Å². The lowest BCUT2D eigenvalue weighted by molar-refractivity contribution is -0.146. The van der Waals surface area contributed by atoms with Crippen LogP contribution in [0.2, 0.25) is 0 Å². The lowest BCUT2D eigenvalue weighted by Crippen LogP contribution is -2.66. The molecular weight excluding hydrogens is 408 g/mol. The van der Waals surface area contributed by atoms with Crippen molar-refractivity contribution < 1.29 is 23.8 Å². The van der Waals surface area contributed by atoms with E-state index in [9.17, 15) is 9.59 Å². The lowest BCUT2D eigenvalue weighted by atomic mass is 9.60. The molecule has 3 fully saturated rings. The zero-order valence-electron chi connectivity index (χ0n) is 18.4.